The Morgan fingerprint density at radius 2 is 0.967 bits per heavy atom. The van der Waals surface area contributed by atoms with E-state index < -0.39 is 0 Å². The second-order valence-corrected chi connectivity index (χ2v) is 6.54. The van der Waals surface area contributed by atoms with Crippen molar-refractivity contribution in [2.45, 2.75) is 0 Å². The number of para-hydroxylation sites is 4. The van der Waals surface area contributed by atoms with Crippen LogP contribution in [0.25, 0.3) is 0 Å². The lowest BCUT2D eigenvalue weighted by Gasteiger charge is -2.15. The molecular formula is C24H20N2O4. The van der Waals surface area contributed by atoms with Gasteiger partial charge in [-0.1, -0.05) is 36.4 Å². The summed E-state index contributed by atoms with van der Waals surface area (Å²) in [5.74, 6) is 0.290. The number of ether oxygens (including phenoxy) is 2. The number of hydrogen-bond acceptors (Lipinski definition) is 4. The molecule has 0 bridgehead atoms. The van der Waals surface area contributed by atoms with E-state index in [1.54, 1.807) is 72.8 Å². The third-order valence-corrected chi connectivity index (χ3v) is 4.52. The van der Waals surface area contributed by atoms with Crippen molar-refractivity contribution in [2.24, 2.45) is 0 Å². The van der Waals surface area contributed by atoms with Crippen molar-refractivity contribution in [3.05, 3.63) is 96.1 Å². The van der Waals surface area contributed by atoms with Gasteiger partial charge in [-0.25, -0.2) is 0 Å². The Bertz CT molecular complexity index is 1020. The summed E-state index contributed by atoms with van der Waals surface area (Å²) >= 11 is 0. The first-order valence-electron chi connectivity index (χ1n) is 9.53. The molecule has 150 valence electrons. The SMILES string of the molecule is O=C1Nc2ccccc2NC(=O)c2ccccc2OC/C=C/COc2ccccc21. The molecule has 3 aromatic carbocycles. The summed E-state index contributed by atoms with van der Waals surface area (Å²) < 4.78 is 11.5. The Hall–Kier alpha value is -4.06. The van der Waals surface area contributed by atoms with E-state index in [4.69, 9.17) is 9.47 Å². The lowest BCUT2D eigenvalue weighted by molar-refractivity contribution is 0.101. The number of rotatable bonds is 0. The monoisotopic (exact) mass is 400 g/mol. The van der Waals surface area contributed by atoms with Gasteiger partial charge in [-0.2, -0.15) is 0 Å². The number of carbonyl (C=O) groups is 2. The van der Waals surface area contributed by atoms with Crippen LogP contribution < -0.4 is 20.1 Å². The largest absolute Gasteiger partial charge is 0.489 e. The summed E-state index contributed by atoms with van der Waals surface area (Å²) in [6.07, 6.45) is 3.61. The van der Waals surface area contributed by atoms with Gasteiger partial charge in [0.25, 0.3) is 11.8 Å². The first-order chi connectivity index (χ1) is 14.7. The fraction of sp³-hybridized carbons (Fsp3) is 0.0833. The highest BCUT2D eigenvalue weighted by atomic mass is 16.5. The van der Waals surface area contributed by atoms with Crippen LogP contribution in [0.1, 0.15) is 20.7 Å². The van der Waals surface area contributed by atoms with Gasteiger partial charge in [-0.3, -0.25) is 9.59 Å². The van der Waals surface area contributed by atoms with Crippen LogP contribution in [-0.2, 0) is 0 Å². The fourth-order valence-corrected chi connectivity index (χ4v) is 3.05. The number of hydrogen-bond donors (Lipinski definition) is 2. The van der Waals surface area contributed by atoms with Gasteiger partial charge in [0.05, 0.1) is 22.5 Å². The first kappa shape index (κ1) is 19.3. The van der Waals surface area contributed by atoms with Gasteiger partial charge >= 0.3 is 0 Å². The van der Waals surface area contributed by atoms with E-state index in [1.165, 1.54) is 0 Å². The van der Waals surface area contributed by atoms with Crippen molar-refractivity contribution in [3.8, 4) is 11.5 Å². The second kappa shape index (κ2) is 8.96. The van der Waals surface area contributed by atoms with Crippen LogP contribution in [0.5, 0.6) is 11.5 Å². The van der Waals surface area contributed by atoms with E-state index in [0.29, 0.717) is 34.0 Å². The Morgan fingerprint density at radius 1 is 0.567 bits per heavy atom. The van der Waals surface area contributed by atoms with E-state index in [1.807, 2.05) is 12.1 Å². The summed E-state index contributed by atoms with van der Waals surface area (Å²) in [5.41, 5.74) is 1.77. The van der Waals surface area contributed by atoms with Crippen LogP contribution in [0.3, 0.4) is 0 Å². The van der Waals surface area contributed by atoms with Crippen molar-refractivity contribution < 1.29 is 19.1 Å². The zero-order chi connectivity index (χ0) is 20.8. The van der Waals surface area contributed by atoms with Gasteiger partial charge in [-0.15, -0.1) is 0 Å². The molecule has 3 aromatic rings. The average molecular weight is 400 g/mol. The molecule has 1 aliphatic rings. The van der Waals surface area contributed by atoms with E-state index in [9.17, 15) is 9.59 Å². The summed E-state index contributed by atoms with van der Waals surface area (Å²) in [4.78, 5) is 25.8. The molecule has 0 saturated carbocycles. The maximum Gasteiger partial charge on any atom is 0.259 e. The van der Waals surface area contributed by atoms with Gasteiger partial charge < -0.3 is 20.1 Å². The molecule has 30 heavy (non-hydrogen) atoms. The maximum atomic E-state index is 12.9. The van der Waals surface area contributed by atoms with Crippen molar-refractivity contribution in [1.29, 1.82) is 0 Å². The minimum absolute atomic E-state index is 0.284. The van der Waals surface area contributed by atoms with Crippen LogP contribution >= 0.6 is 0 Å². The lowest BCUT2D eigenvalue weighted by Crippen LogP contribution is -2.18. The average Bonchev–Trinajstić information content (AvgIpc) is 2.77. The normalized spacial score (nSPS) is 15.2. The number of amides is 2. The minimum Gasteiger partial charge on any atom is -0.489 e. The Morgan fingerprint density at radius 3 is 1.43 bits per heavy atom. The number of fused-ring (bicyclic) bond motifs is 3. The summed E-state index contributed by atoms with van der Waals surface area (Å²) in [7, 11) is 0. The molecule has 6 nitrogen and oxygen atoms in total. The highest BCUT2D eigenvalue weighted by Gasteiger charge is 2.17. The standard InChI is InChI=1S/C24H20N2O4/c27-23-17-9-1-5-13-21(17)29-15-7-8-16-30-22-14-6-2-10-18(22)24(28)26-20-12-4-3-11-19(20)25-23/h1-14H,15-16H2,(H,25,27)(H,26,28)/b8-7+. The molecule has 1 aliphatic heterocycles. The van der Waals surface area contributed by atoms with E-state index in [-0.39, 0.29) is 25.0 Å². The maximum absolute atomic E-state index is 12.9. The predicted molar refractivity (Wildman–Crippen MR) is 115 cm³/mol. The van der Waals surface area contributed by atoms with Crippen molar-refractivity contribution in [1.82, 2.24) is 0 Å². The van der Waals surface area contributed by atoms with Crippen molar-refractivity contribution >= 4 is 23.2 Å². The van der Waals surface area contributed by atoms with Crippen LogP contribution in [0, 0.1) is 0 Å². The zero-order valence-corrected chi connectivity index (χ0v) is 16.1. The van der Waals surface area contributed by atoms with Crippen LogP contribution in [0.15, 0.2) is 84.9 Å². The number of anilines is 2. The second-order valence-electron chi connectivity index (χ2n) is 6.54. The van der Waals surface area contributed by atoms with Gasteiger partial charge in [0.1, 0.15) is 24.7 Å². The molecule has 2 amide bonds. The molecule has 0 aromatic heterocycles. The number of benzene rings is 3. The third-order valence-electron chi connectivity index (χ3n) is 4.52. The molecule has 0 aliphatic carbocycles. The minimum atomic E-state index is -0.327. The van der Waals surface area contributed by atoms with Crippen LogP contribution in [-0.4, -0.2) is 25.0 Å². The molecule has 1 heterocycles. The molecule has 0 atom stereocenters. The highest BCUT2D eigenvalue weighted by Crippen LogP contribution is 2.26. The Labute approximate surface area is 174 Å². The molecule has 6 heteroatoms. The van der Waals surface area contributed by atoms with Crippen molar-refractivity contribution in [3.63, 3.8) is 0 Å². The summed E-state index contributed by atoms with van der Waals surface area (Å²) in [6, 6.07) is 21.1. The quantitative estimate of drug-likeness (QED) is 0.544. The first-order valence-corrected chi connectivity index (χ1v) is 9.53. The highest BCUT2D eigenvalue weighted by molar-refractivity contribution is 6.11. The molecule has 0 radical (unpaired) electrons. The van der Waals surface area contributed by atoms with Gasteiger partial charge in [-0.05, 0) is 48.6 Å². The zero-order valence-electron chi connectivity index (χ0n) is 16.1. The van der Waals surface area contributed by atoms with E-state index in [0.717, 1.165) is 0 Å². The molecule has 4 rings (SSSR count). The summed E-state index contributed by atoms with van der Waals surface area (Å²) in [6.45, 7) is 0.568. The Balaban J connectivity index is 1.72. The van der Waals surface area contributed by atoms with Crippen LogP contribution in [0.4, 0.5) is 11.4 Å². The van der Waals surface area contributed by atoms with Gasteiger partial charge in [0, 0.05) is 0 Å². The molecule has 0 spiro atoms. The topological polar surface area (TPSA) is 76.7 Å². The van der Waals surface area contributed by atoms with E-state index >= 15 is 0 Å². The molecular weight excluding hydrogens is 380 g/mol. The molecule has 0 fully saturated rings. The molecule has 0 saturated heterocycles. The molecule has 2 N–H and O–H groups in total. The third kappa shape index (κ3) is 4.33. The molecule has 0 unspecified atom stereocenters. The van der Waals surface area contributed by atoms with Crippen molar-refractivity contribution in [2.75, 3.05) is 23.8 Å². The van der Waals surface area contributed by atoms with E-state index in [2.05, 4.69) is 10.6 Å². The fourth-order valence-electron chi connectivity index (χ4n) is 3.05. The van der Waals surface area contributed by atoms with Gasteiger partial charge in [0.2, 0.25) is 0 Å². The number of carbonyl (C=O) groups excluding carboxylic acids is 2. The summed E-state index contributed by atoms with van der Waals surface area (Å²) in [5, 5.41) is 5.72. The van der Waals surface area contributed by atoms with Gasteiger partial charge in [0.15, 0.2) is 0 Å². The van der Waals surface area contributed by atoms with Crippen LogP contribution in [0.2, 0.25) is 0 Å². The lowest BCUT2D eigenvalue weighted by atomic mass is 10.1. The smallest absolute Gasteiger partial charge is 0.259 e. The number of nitrogens with one attached hydrogen (secondary N) is 2. The predicted octanol–water partition coefficient (Wildman–Crippen LogP) is 4.52. The Kier molecular flexibility index (Phi) is 5.75.